The molecule has 0 fully saturated rings. The Balaban J connectivity index is 1.55. The normalized spacial score (nSPS) is 10.6. The van der Waals surface area contributed by atoms with Crippen molar-refractivity contribution in [2.24, 2.45) is 0 Å². The van der Waals surface area contributed by atoms with Gasteiger partial charge in [-0.25, -0.2) is 4.98 Å². The zero-order valence-electron chi connectivity index (χ0n) is 17.5. The summed E-state index contributed by atoms with van der Waals surface area (Å²) in [5, 5.41) is 17.9. The Morgan fingerprint density at radius 1 is 1.00 bits per heavy atom. The number of methoxy groups -OCH3 is 1. The van der Waals surface area contributed by atoms with E-state index in [1.54, 1.807) is 13.2 Å². The molecule has 0 aliphatic rings. The maximum atomic E-state index is 12.5. The van der Waals surface area contributed by atoms with Crippen molar-refractivity contribution in [2.45, 2.75) is 6.92 Å². The Bertz CT molecular complexity index is 1320. The van der Waals surface area contributed by atoms with Crippen LogP contribution in [-0.2, 0) is 0 Å². The number of rotatable bonds is 6. The number of aromatic nitrogens is 1. The summed E-state index contributed by atoms with van der Waals surface area (Å²) in [6.45, 7) is 1.97. The highest BCUT2D eigenvalue weighted by Crippen LogP contribution is 2.26. The Hall–Kier alpha value is -4.46. The van der Waals surface area contributed by atoms with Crippen molar-refractivity contribution in [3.8, 4) is 5.75 Å². The molecule has 0 aliphatic carbocycles. The number of hydrogen-bond acceptors (Lipinski definition) is 6. The van der Waals surface area contributed by atoms with Crippen LogP contribution >= 0.6 is 0 Å². The lowest BCUT2D eigenvalue weighted by molar-refractivity contribution is -0.384. The second kappa shape index (κ2) is 8.73. The molecule has 4 aromatic rings. The van der Waals surface area contributed by atoms with E-state index in [4.69, 9.17) is 4.74 Å². The van der Waals surface area contributed by atoms with Crippen molar-refractivity contribution in [3.63, 3.8) is 0 Å². The second-order valence-corrected chi connectivity index (χ2v) is 7.17. The number of aryl methyl sites for hydroxylation is 1. The number of carbonyl (C=O) groups is 1. The van der Waals surface area contributed by atoms with Gasteiger partial charge in [0.15, 0.2) is 0 Å². The van der Waals surface area contributed by atoms with Gasteiger partial charge in [-0.15, -0.1) is 0 Å². The molecule has 0 spiro atoms. The first-order chi connectivity index (χ1) is 15.4. The average Bonchev–Trinajstić information content (AvgIpc) is 2.80. The number of anilines is 3. The summed E-state index contributed by atoms with van der Waals surface area (Å²) < 4.78 is 5.18. The number of non-ortho nitro benzene ring substituents is 1. The monoisotopic (exact) mass is 428 g/mol. The minimum Gasteiger partial charge on any atom is -0.497 e. The fraction of sp³-hybridized carbons (Fsp3) is 0.0833. The Morgan fingerprint density at radius 2 is 1.75 bits per heavy atom. The van der Waals surface area contributed by atoms with Crippen LogP contribution in [0.3, 0.4) is 0 Å². The van der Waals surface area contributed by atoms with Crippen molar-refractivity contribution in [3.05, 3.63) is 94.0 Å². The third-order valence-corrected chi connectivity index (χ3v) is 4.95. The summed E-state index contributed by atoms with van der Waals surface area (Å²) in [5.41, 5.74) is 3.31. The van der Waals surface area contributed by atoms with Crippen molar-refractivity contribution in [1.29, 1.82) is 0 Å². The fourth-order valence-electron chi connectivity index (χ4n) is 3.32. The molecule has 0 unspecified atom stereocenters. The second-order valence-electron chi connectivity index (χ2n) is 7.17. The molecule has 0 bridgehead atoms. The quantitative estimate of drug-likeness (QED) is 0.312. The lowest BCUT2D eigenvalue weighted by Crippen LogP contribution is -2.12. The van der Waals surface area contributed by atoms with Gasteiger partial charge in [0.1, 0.15) is 11.6 Å². The SMILES string of the molecule is COc1ccc(Nc2cc(C)c3cc(NC(=O)c4cccc([N+](=O)[O-])c4)ccc3n2)cc1. The third kappa shape index (κ3) is 4.49. The first-order valence-corrected chi connectivity index (χ1v) is 9.81. The molecule has 1 aromatic heterocycles. The van der Waals surface area contributed by atoms with Gasteiger partial charge in [-0.05, 0) is 67.1 Å². The number of amides is 1. The van der Waals surface area contributed by atoms with Crippen LogP contribution in [-0.4, -0.2) is 22.9 Å². The molecule has 160 valence electrons. The third-order valence-electron chi connectivity index (χ3n) is 4.95. The predicted molar refractivity (Wildman–Crippen MR) is 124 cm³/mol. The minimum absolute atomic E-state index is 0.131. The van der Waals surface area contributed by atoms with E-state index in [9.17, 15) is 14.9 Å². The number of nitro benzene ring substituents is 1. The number of fused-ring (bicyclic) bond motifs is 1. The smallest absolute Gasteiger partial charge is 0.270 e. The minimum atomic E-state index is -0.528. The molecule has 0 radical (unpaired) electrons. The van der Waals surface area contributed by atoms with Gasteiger partial charge in [-0.3, -0.25) is 14.9 Å². The molecule has 0 saturated heterocycles. The maximum Gasteiger partial charge on any atom is 0.270 e. The largest absolute Gasteiger partial charge is 0.497 e. The summed E-state index contributed by atoms with van der Waals surface area (Å²) in [7, 11) is 1.62. The molecule has 1 amide bonds. The number of ether oxygens (including phenoxy) is 1. The van der Waals surface area contributed by atoms with Crippen LogP contribution in [0.25, 0.3) is 10.9 Å². The number of benzene rings is 3. The summed E-state index contributed by atoms with van der Waals surface area (Å²) in [5.74, 6) is 1.06. The first kappa shape index (κ1) is 20.8. The van der Waals surface area contributed by atoms with Gasteiger partial charge < -0.3 is 15.4 Å². The molecule has 0 atom stereocenters. The Kier molecular flexibility index (Phi) is 5.67. The zero-order chi connectivity index (χ0) is 22.7. The molecule has 3 aromatic carbocycles. The molecule has 2 N–H and O–H groups in total. The van der Waals surface area contributed by atoms with Gasteiger partial charge in [-0.1, -0.05) is 6.07 Å². The van der Waals surface area contributed by atoms with E-state index >= 15 is 0 Å². The highest BCUT2D eigenvalue weighted by atomic mass is 16.6. The van der Waals surface area contributed by atoms with Gasteiger partial charge in [0.2, 0.25) is 0 Å². The van der Waals surface area contributed by atoms with Crippen LogP contribution < -0.4 is 15.4 Å². The van der Waals surface area contributed by atoms with Crippen LogP contribution in [0.4, 0.5) is 22.9 Å². The molecule has 0 aliphatic heterocycles. The van der Waals surface area contributed by atoms with Crippen molar-refractivity contribution < 1.29 is 14.5 Å². The number of nitrogens with zero attached hydrogens (tertiary/aromatic N) is 2. The molecular formula is C24H20N4O4. The van der Waals surface area contributed by atoms with E-state index in [1.807, 2.05) is 49.4 Å². The number of pyridine rings is 1. The topological polar surface area (TPSA) is 106 Å². The summed E-state index contributed by atoms with van der Waals surface area (Å²) >= 11 is 0. The van der Waals surface area contributed by atoms with Gasteiger partial charge in [0.25, 0.3) is 11.6 Å². The van der Waals surface area contributed by atoms with Crippen molar-refractivity contribution in [2.75, 3.05) is 17.7 Å². The lowest BCUT2D eigenvalue weighted by atomic mass is 10.1. The van der Waals surface area contributed by atoms with Gasteiger partial charge in [-0.2, -0.15) is 0 Å². The van der Waals surface area contributed by atoms with E-state index in [-0.39, 0.29) is 11.3 Å². The first-order valence-electron chi connectivity index (χ1n) is 9.81. The van der Waals surface area contributed by atoms with Crippen molar-refractivity contribution in [1.82, 2.24) is 4.98 Å². The summed E-state index contributed by atoms with van der Waals surface area (Å²) in [6, 6.07) is 20.5. The molecular weight excluding hydrogens is 408 g/mol. The average molecular weight is 428 g/mol. The van der Waals surface area contributed by atoms with E-state index in [2.05, 4.69) is 15.6 Å². The molecule has 32 heavy (non-hydrogen) atoms. The van der Waals surface area contributed by atoms with E-state index in [0.717, 1.165) is 27.9 Å². The lowest BCUT2D eigenvalue weighted by Gasteiger charge is -2.11. The zero-order valence-corrected chi connectivity index (χ0v) is 17.5. The van der Waals surface area contributed by atoms with Gasteiger partial charge in [0, 0.05) is 34.5 Å². The van der Waals surface area contributed by atoms with E-state index in [1.165, 1.54) is 24.3 Å². The van der Waals surface area contributed by atoms with E-state index in [0.29, 0.717) is 11.5 Å². The Labute approximate surface area is 184 Å². The van der Waals surface area contributed by atoms with E-state index < -0.39 is 10.8 Å². The van der Waals surface area contributed by atoms with Gasteiger partial charge >= 0.3 is 0 Å². The van der Waals surface area contributed by atoms with Crippen LogP contribution in [0.5, 0.6) is 5.75 Å². The van der Waals surface area contributed by atoms with Crippen LogP contribution in [0.1, 0.15) is 15.9 Å². The van der Waals surface area contributed by atoms with Crippen LogP contribution in [0.2, 0.25) is 0 Å². The fourth-order valence-corrected chi connectivity index (χ4v) is 3.32. The molecule has 8 heteroatoms. The van der Waals surface area contributed by atoms with Crippen LogP contribution in [0, 0.1) is 17.0 Å². The summed E-state index contributed by atoms with van der Waals surface area (Å²) in [4.78, 5) is 27.6. The molecule has 4 rings (SSSR count). The maximum absolute atomic E-state index is 12.5. The van der Waals surface area contributed by atoms with Gasteiger partial charge in [0.05, 0.1) is 17.5 Å². The highest BCUT2D eigenvalue weighted by molar-refractivity contribution is 6.05. The molecule has 0 saturated carbocycles. The standard InChI is InChI=1S/C24H20N4O4/c1-15-12-23(25-17-6-9-20(32-2)10-7-17)27-22-11-8-18(14-21(15)22)26-24(29)16-4-3-5-19(13-16)28(30)31/h3-14H,1-2H3,(H,25,27)(H,26,29). The van der Waals surface area contributed by atoms with Crippen LogP contribution in [0.15, 0.2) is 72.8 Å². The number of carbonyl (C=O) groups excluding carboxylic acids is 1. The Morgan fingerprint density at radius 3 is 2.47 bits per heavy atom. The number of nitro groups is 1. The number of hydrogen-bond donors (Lipinski definition) is 2. The molecule has 8 nitrogen and oxygen atoms in total. The van der Waals surface area contributed by atoms with Crippen molar-refractivity contribution >= 4 is 39.7 Å². The molecule has 1 heterocycles. The highest BCUT2D eigenvalue weighted by Gasteiger charge is 2.12. The summed E-state index contributed by atoms with van der Waals surface area (Å²) in [6.07, 6.45) is 0. The number of nitrogens with one attached hydrogen (secondary N) is 2. The predicted octanol–water partition coefficient (Wildman–Crippen LogP) is 5.46.